The number of nitrogens with zero attached hydrogens (tertiary/aromatic N) is 4. The van der Waals surface area contributed by atoms with Gasteiger partial charge in [0.1, 0.15) is 17.3 Å². The second-order valence-corrected chi connectivity index (χ2v) is 8.22. The van der Waals surface area contributed by atoms with E-state index in [4.69, 9.17) is 21.1 Å². The zero-order chi connectivity index (χ0) is 21.5. The van der Waals surface area contributed by atoms with Gasteiger partial charge in [-0.05, 0) is 42.8 Å². The molecule has 5 rings (SSSR count). The standard InChI is InChI=1S/C23H23ClN4O3/c1-30-18-6-7-21(31-2)19(11-18)28-17-10-20(23(28)29)26(14-17)13-16-4-3-9-27(16)22-8-5-15(24)12-25-22/h3-9,11-12,17,20H,10,13-14H2,1-2H3/t17-,20-/m0/s1. The summed E-state index contributed by atoms with van der Waals surface area (Å²) in [6, 6.07) is 13.3. The molecule has 2 bridgehead atoms. The van der Waals surface area contributed by atoms with Crippen LogP contribution in [0.4, 0.5) is 5.69 Å². The molecule has 2 aliphatic rings. The van der Waals surface area contributed by atoms with Crippen LogP contribution in [0.15, 0.2) is 54.9 Å². The topological polar surface area (TPSA) is 59.8 Å². The van der Waals surface area contributed by atoms with E-state index in [0.717, 1.165) is 30.2 Å². The zero-order valence-electron chi connectivity index (χ0n) is 17.4. The van der Waals surface area contributed by atoms with Gasteiger partial charge < -0.3 is 18.9 Å². The van der Waals surface area contributed by atoms with Crippen molar-refractivity contribution in [3.05, 3.63) is 65.6 Å². The van der Waals surface area contributed by atoms with Crippen molar-refractivity contribution in [2.24, 2.45) is 0 Å². The minimum Gasteiger partial charge on any atom is -0.497 e. The maximum absolute atomic E-state index is 13.3. The van der Waals surface area contributed by atoms with Crippen molar-refractivity contribution in [1.29, 1.82) is 0 Å². The average Bonchev–Trinajstić information content (AvgIpc) is 3.49. The number of rotatable bonds is 6. The smallest absolute Gasteiger partial charge is 0.244 e. The Morgan fingerprint density at radius 2 is 2.03 bits per heavy atom. The quantitative estimate of drug-likeness (QED) is 0.589. The molecule has 2 aliphatic heterocycles. The molecule has 1 amide bonds. The summed E-state index contributed by atoms with van der Waals surface area (Å²) >= 11 is 5.98. The largest absolute Gasteiger partial charge is 0.497 e. The van der Waals surface area contributed by atoms with Gasteiger partial charge in [0.15, 0.2) is 0 Å². The van der Waals surface area contributed by atoms with Gasteiger partial charge in [-0.3, -0.25) is 9.69 Å². The van der Waals surface area contributed by atoms with E-state index in [0.29, 0.717) is 23.1 Å². The monoisotopic (exact) mass is 438 g/mol. The fourth-order valence-corrected chi connectivity index (χ4v) is 4.74. The molecular weight excluding hydrogens is 416 g/mol. The molecule has 0 aliphatic carbocycles. The van der Waals surface area contributed by atoms with E-state index in [9.17, 15) is 4.79 Å². The lowest BCUT2D eigenvalue weighted by atomic mass is 10.2. The summed E-state index contributed by atoms with van der Waals surface area (Å²) < 4.78 is 12.9. The lowest BCUT2D eigenvalue weighted by Crippen LogP contribution is -2.50. The van der Waals surface area contributed by atoms with Crippen molar-refractivity contribution >= 4 is 23.2 Å². The van der Waals surface area contributed by atoms with Gasteiger partial charge in [-0.2, -0.15) is 0 Å². The van der Waals surface area contributed by atoms with Crippen LogP contribution >= 0.6 is 11.6 Å². The molecule has 7 nitrogen and oxygen atoms in total. The third kappa shape index (κ3) is 3.43. The van der Waals surface area contributed by atoms with Gasteiger partial charge in [-0.15, -0.1) is 0 Å². The minimum atomic E-state index is -0.151. The first-order valence-corrected chi connectivity index (χ1v) is 10.5. The molecule has 0 unspecified atom stereocenters. The number of hydrogen-bond donors (Lipinski definition) is 0. The first-order valence-electron chi connectivity index (χ1n) is 10.2. The third-order valence-electron chi connectivity index (χ3n) is 6.07. The Labute approximate surface area is 185 Å². The molecule has 0 saturated carbocycles. The number of likely N-dealkylation sites (tertiary alicyclic amines) is 1. The second-order valence-electron chi connectivity index (χ2n) is 7.78. The second kappa shape index (κ2) is 7.90. The molecule has 0 spiro atoms. The van der Waals surface area contributed by atoms with E-state index in [1.807, 2.05) is 52.1 Å². The highest BCUT2D eigenvalue weighted by Gasteiger charge is 2.50. The van der Waals surface area contributed by atoms with Gasteiger partial charge in [0.2, 0.25) is 5.91 Å². The molecule has 2 atom stereocenters. The molecule has 8 heteroatoms. The lowest BCUT2D eigenvalue weighted by molar-refractivity contribution is -0.122. The summed E-state index contributed by atoms with van der Waals surface area (Å²) in [7, 11) is 3.24. The van der Waals surface area contributed by atoms with E-state index >= 15 is 0 Å². The van der Waals surface area contributed by atoms with Crippen LogP contribution in [-0.2, 0) is 11.3 Å². The van der Waals surface area contributed by atoms with E-state index in [2.05, 4.69) is 16.0 Å². The fourth-order valence-electron chi connectivity index (χ4n) is 4.63. The number of anilines is 1. The van der Waals surface area contributed by atoms with Crippen LogP contribution < -0.4 is 14.4 Å². The minimum absolute atomic E-state index is 0.102. The van der Waals surface area contributed by atoms with Crippen molar-refractivity contribution in [1.82, 2.24) is 14.5 Å². The summed E-state index contributed by atoms with van der Waals surface area (Å²) in [6.07, 6.45) is 4.43. The highest BCUT2D eigenvalue weighted by Crippen LogP contribution is 2.41. The van der Waals surface area contributed by atoms with Crippen molar-refractivity contribution in [3.63, 3.8) is 0 Å². The van der Waals surface area contributed by atoms with Gasteiger partial charge in [-0.25, -0.2) is 4.98 Å². The van der Waals surface area contributed by atoms with Gasteiger partial charge in [0, 0.05) is 37.2 Å². The number of carbonyl (C=O) groups excluding carboxylic acids is 1. The van der Waals surface area contributed by atoms with Crippen LogP contribution in [0.3, 0.4) is 0 Å². The first-order chi connectivity index (χ1) is 15.1. The van der Waals surface area contributed by atoms with E-state index in [-0.39, 0.29) is 18.0 Å². The van der Waals surface area contributed by atoms with Crippen molar-refractivity contribution < 1.29 is 14.3 Å². The Balaban J connectivity index is 1.37. The average molecular weight is 439 g/mol. The molecule has 2 saturated heterocycles. The van der Waals surface area contributed by atoms with E-state index in [1.165, 1.54) is 0 Å². The van der Waals surface area contributed by atoms with Crippen LogP contribution in [0.1, 0.15) is 12.1 Å². The number of halogens is 1. The molecular formula is C23H23ClN4O3. The van der Waals surface area contributed by atoms with Crippen molar-refractivity contribution in [3.8, 4) is 17.3 Å². The predicted octanol–water partition coefficient (Wildman–Crippen LogP) is 3.53. The molecule has 2 fully saturated rings. The Bertz CT molecular complexity index is 1110. The maximum Gasteiger partial charge on any atom is 0.244 e. The Hall–Kier alpha value is -3.03. The van der Waals surface area contributed by atoms with Crippen molar-refractivity contribution in [2.75, 3.05) is 25.7 Å². The van der Waals surface area contributed by atoms with E-state index in [1.54, 1.807) is 20.4 Å². The lowest BCUT2D eigenvalue weighted by Gasteiger charge is -2.34. The molecule has 0 radical (unpaired) electrons. The Kier molecular flexibility index (Phi) is 5.08. The number of ether oxygens (including phenoxy) is 2. The summed E-state index contributed by atoms with van der Waals surface area (Å²) in [4.78, 5) is 21.9. The number of benzene rings is 1. The van der Waals surface area contributed by atoms with Crippen LogP contribution in [0.5, 0.6) is 11.5 Å². The number of hydrogen-bond acceptors (Lipinski definition) is 5. The SMILES string of the molecule is COc1ccc(OC)c(N2C(=O)[C@@H]3C[C@H]2CN3Cc2cccn2-c2ccc(Cl)cn2)c1. The summed E-state index contributed by atoms with van der Waals surface area (Å²) in [5, 5.41) is 0.605. The molecule has 0 N–H and O–H groups in total. The molecule has 31 heavy (non-hydrogen) atoms. The van der Waals surface area contributed by atoms with Crippen LogP contribution in [0, 0.1) is 0 Å². The number of methoxy groups -OCH3 is 2. The van der Waals surface area contributed by atoms with Gasteiger partial charge in [0.25, 0.3) is 0 Å². The van der Waals surface area contributed by atoms with Gasteiger partial charge >= 0.3 is 0 Å². The van der Waals surface area contributed by atoms with Crippen LogP contribution in [0.25, 0.3) is 5.82 Å². The number of amides is 1. The number of aromatic nitrogens is 2. The zero-order valence-corrected chi connectivity index (χ0v) is 18.1. The van der Waals surface area contributed by atoms with Crippen LogP contribution in [0.2, 0.25) is 5.02 Å². The molecule has 2 aromatic heterocycles. The molecule has 3 aromatic rings. The number of carbonyl (C=O) groups is 1. The van der Waals surface area contributed by atoms with Crippen LogP contribution in [-0.4, -0.2) is 53.2 Å². The molecule has 4 heterocycles. The Morgan fingerprint density at radius 1 is 1.16 bits per heavy atom. The van der Waals surface area contributed by atoms with Gasteiger partial charge in [-0.1, -0.05) is 11.6 Å². The first kappa shape index (κ1) is 19.9. The number of pyridine rings is 1. The third-order valence-corrected chi connectivity index (χ3v) is 6.30. The normalized spacial score (nSPS) is 20.5. The summed E-state index contributed by atoms with van der Waals surface area (Å²) in [5.74, 6) is 2.29. The number of piperazine rings is 1. The molecule has 1 aromatic carbocycles. The maximum atomic E-state index is 13.3. The van der Waals surface area contributed by atoms with Crippen molar-refractivity contribution in [2.45, 2.75) is 25.0 Å². The predicted molar refractivity (Wildman–Crippen MR) is 118 cm³/mol. The highest BCUT2D eigenvalue weighted by atomic mass is 35.5. The summed E-state index contributed by atoms with van der Waals surface area (Å²) in [5.41, 5.74) is 1.86. The molecule has 160 valence electrons. The summed E-state index contributed by atoms with van der Waals surface area (Å²) in [6.45, 7) is 1.48. The Morgan fingerprint density at radius 3 is 2.74 bits per heavy atom. The number of fused-ring (bicyclic) bond motifs is 2. The van der Waals surface area contributed by atoms with Gasteiger partial charge in [0.05, 0.1) is 37.0 Å². The van der Waals surface area contributed by atoms with E-state index < -0.39 is 0 Å². The highest BCUT2D eigenvalue weighted by molar-refractivity contribution is 6.30. The fraction of sp³-hybridized carbons (Fsp3) is 0.304.